The maximum atomic E-state index is 13.2. The van der Waals surface area contributed by atoms with Crippen LogP contribution in [0.15, 0.2) is 45.3 Å². The molecule has 4 rings (SSSR count). The van der Waals surface area contributed by atoms with Crippen LogP contribution in [0.3, 0.4) is 0 Å². The average Bonchev–Trinajstić information content (AvgIpc) is 3.22. The number of carbonyl (C=O) groups excluding carboxylic acids is 1. The van der Waals surface area contributed by atoms with Gasteiger partial charge in [0.2, 0.25) is 15.9 Å². The molecule has 9 nitrogen and oxygen atoms in total. The van der Waals surface area contributed by atoms with E-state index in [4.69, 9.17) is 0 Å². The Kier molecular flexibility index (Phi) is 4.74. The molecule has 2 aliphatic rings. The second kappa shape index (κ2) is 6.92. The van der Waals surface area contributed by atoms with Crippen molar-refractivity contribution in [3.8, 4) is 0 Å². The first-order valence-corrected chi connectivity index (χ1v) is 11.3. The molecule has 0 radical (unpaired) electrons. The summed E-state index contributed by atoms with van der Waals surface area (Å²) in [4.78, 5) is 39.5. The summed E-state index contributed by atoms with van der Waals surface area (Å²) in [5, 5.41) is 0.148. The number of hydrogen-bond donors (Lipinski definition) is 1. The van der Waals surface area contributed by atoms with Gasteiger partial charge in [0.15, 0.2) is 0 Å². The van der Waals surface area contributed by atoms with E-state index in [-0.39, 0.29) is 22.7 Å². The second-order valence-electron chi connectivity index (χ2n) is 8.29. The Bertz CT molecular complexity index is 1290. The van der Waals surface area contributed by atoms with Gasteiger partial charge >= 0.3 is 5.69 Å². The number of amides is 1. The van der Waals surface area contributed by atoms with Gasteiger partial charge in [-0.3, -0.25) is 18.7 Å². The van der Waals surface area contributed by atoms with Crippen LogP contribution >= 0.6 is 0 Å². The molecule has 2 heterocycles. The number of carbonyl (C=O) groups is 1. The molecule has 0 bridgehead atoms. The molecular formula is C20H24N4O5S. The molecule has 1 amide bonds. The lowest BCUT2D eigenvalue weighted by atomic mass is 10.2. The van der Waals surface area contributed by atoms with Crippen LogP contribution in [0, 0.1) is 0 Å². The maximum absolute atomic E-state index is 13.2. The fourth-order valence-electron chi connectivity index (χ4n) is 3.90. The quantitative estimate of drug-likeness (QED) is 0.692. The Morgan fingerprint density at radius 1 is 1.30 bits per heavy atom. The molecular weight excluding hydrogens is 408 g/mol. The Morgan fingerprint density at radius 3 is 2.63 bits per heavy atom. The Labute approximate surface area is 173 Å². The molecule has 1 aliphatic heterocycles. The Morgan fingerprint density at radius 2 is 2.00 bits per heavy atom. The highest BCUT2D eigenvalue weighted by molar-refractivity contribution is 7.89. The van der Waals surface area contributed by atoms with Crippen molar-refractivity contribution in [1.82, 2.24) is 18.8 Å². The first kappa shape index (κ1) is 20.5. The first-order chi connectivity index (χ1) is 14.1. The van der Waals surface area contributed by atoms with Crippen molar-refractivity contribution >= 4 is 26.8 Å². The van der Waals surface area contributed by atoms with Crippen molar-refractivity contribution < 1.29 is 13.2 Å². The van der Waals surface area contributed by atoms with E-state index in [0.29, 0.717) is 18.5 Å². The van der Waals surface area contributed by atoms with E-state index < -0.39 is 32.9 Å². The van der Waals surface area contributed by atoms with Crippen LogP contribution in [-0.2, 0) is 21.9 Å². The van der Waals surface area contributed by atoms with Gasteiger partial charge in [-0.2, -0.15) is 0 Å². The van der Waals surface area contributed by atoms with Gasteiger partial charge in [0.05, 0.1) is 21.8 Å². The van der Waals surface area contributed by atoms with Gasteiger partial charge in [0, 0.05) is 25.7 Å². The summed E-state index contributed by atoms with van der Waals surface area (Å²) in [6.45, 7) is 5.94. The summed E-state index contributed by atoms with van der Waals surface area (Å²) in [5.74, 6) is -0.254. The van der Waals surface area contributed by atoms with Crippen molar-refractivity contribution in [2.24, 2.45) is 7.05 Å². The molecule has 1 N–H and O–H groups in total. The fourth-order valence-corrected chi connectivity index (χ4v) is 5.40. The molecule has 1 saturated heterocycles. The minimum Gasteiger partial charge on any atom is -0.337 e. The van der Waals surface area contributed by atoms with Crippen molar-refractivity contribution in [2.75, 3.05) is 13.1 Å². The highest BCUT2D eigenvalue weighted by Gasteiger charge is 2.41. The number of sulfonamides is 1. The number of aromatic nitrogens is 2. The third kappa shape index (κ3) is 3.39. The number of likely N-dealkylation sites (tertiary alicyclic amines) is 1. The highest BCUT2D eigenvalue weighted by atomic mass is 32.2. The molecule has 1 aromatic heterocycles. The van der Waals surface area contributed by atoms with Gasteiger partial charge in [0.25, 0.3) is 5.56 Å². The SMILES string of the molecule is C=CC(=O)N1CC[C@@H](n2c(=O)c3cc(S(=O)(=O)NC4(C)CC4)ccc3n(C)c2=O)C1. The molecule has 0 unspecified atom stereocenters. The van der Waals surface area contributed by atoms with Crippen molar-refractivity contribution in [3.05, 3.63) is 51.7 Å². The number of fused-ring (bicyclic) bond motifs is 1. The summed E-state index contributed by atoms with van der Waals surface area (Å²) in [5.41, 5.74) is -1.14. The van der Waals surface area contributed by atoms with Crippen LogP contribution in [-0.4, -0.2) is 47.0 Å². The average molecular weight is 433 g/mol. The van der Waals surface area contributed by atoms with Crippen LogP contribution in [0.2, 0.25) is 0 Å². The minimum absolute atomic E-state index is 0.0136. The lowest BCUT2D eigenvalue weighted by Crippen LogP contribution is -2.42. The van der Waals surface area contributed by atoms with E-state index >= 15 is 0 Å². The maximum Gasteiger partial charge on any atom is 0.331 e. The first-order valence-electron chi connectivity index (χ1n) is 9.77. The summed E-state index contributed by atoms with van der Waals surface area (Å²) in [6, 6.07) is 3.73. The van der Waals surface area contributed by atoms with Gasteiger partial charge in [-0.15, -0.1) is 0 Å². The third-order valence-corrected chi connectivity index (χ3v) is 7.61. The number of aryl methyl sites for hydroxylation is 1. The third-order valence-electron chi connectivity index (χ3n) is 5.98. The zero-order valence-electron chi connectivity index (χ0n) is 16.9. The van der Waals surface area contributed by atoms with Crippen LogP contribution in [0.4, 0.5) is 0 Å². The van der Waals surface area contributed by atoms with Crippen LogP contribution < -0.4 is 16.0 Å². The highest BCUT2D eigenvalue weighted by Crippen LogP contribution is 2.36. The molecule has 2 aromatic rings. The molecule has 1 aliphatic carbocycles. The number of benzene rings is 1. The van der Waals surface area contributed by atoms with Crippen molar-refractivity contribution in [1.29, 1.82) is 0 Å². The van der Waals surface area contributed by atoms with Crippen molar-refractivity contribution in [2.45, 2.75) is 42.7 Å². The molecule has 0 spiro atoms. The topological polar surface area (TPSA) is 110 Å². The van der Waals surface area contributed by atoms with E-state index in [9.17, 15) is 22.8 Å². The van der Waals surface area contributed by atoms with Crippen LogP contribution in [0.25, 0.3) is 10.9 Å². The van der Waals surface area contributed by atoms with Crippen LogP contribution in [0.5, 0.6) is 0 Å². The molecule has 2 fully saturated rings. The molecule has 10 heteroatoms. The molecule has 160 valence electrons. The van der Waals surface area contributed by atoms with E-state index in [1.807, 2.05) is 6.92 Å². The monoisotopic (exact) mass is 432 g/mol. The summed E-state index contributed by atoms with van der Waals surface area (Å²) in [7, 11) is -2.25. The second-order valence-corrected chi connectivity index (χ2v) is 9.98. The lowest BCUT2D eigenvalue weighted by molar-refractivity contribution is -0.125. The number of nitrogens with one attached hydrogen (secondary N) is 1. The van der Waals surface area contributed by atoms with Crippen molar-refractivity contribution in [3.63, 3.8) is 0 Å². The largest absolute Gasteiger partial charge is 0.337 e. The fraction of sp³-hybridized carbons (Fsp3) is 0.450. The summed E-state index contributed by atoms with van der Waals surface area (Å²) >= 11 is 0. The molecule has 1 atom stereocenters. The van der Waals surface area contributed by atoms with Crippen LogP contribution in [0.1, 0.15) is 32.2 Å². The summed E-state index contributed by atoms with van der Waals surface area (Å²) in [6.07, 6.45) is 3.19. The predicted octanol–water partition coefficient (Wildman–Crippen LogP) is 0.490. The molecule has 1 saturated carbocycles. The number of nitrogens with zero attached hydrogens (tertiary/aromatic N) is 3. The number of rotatable bonds is 5. The van der Waals surface area contributed by atoms with Gasteiger partial charge in [-0.25, -0.2) is 17.9 Å². The molecule has 1 aromatic carbocycles. The predicted molar refractivity (Wildman–Crippen MR) is 112 cm³/mol. The minimum atomic E-state index is -3.79. The van der Waals surface area contributed by atoms with E-state index in [0.717, 1.165) is 17.4 Å². The van der Waals surface area contributed by atoms with Gasteiger partial charge in [0.1, 0.15) is 0 Å². The Hall–Kier alpha value is -2.72. The smallest absolute Gasteiger partial charge is 0.331 e. The lowest BCUT2D eigenvalue weighted by Gasteiger charge is -2.18. The summed E-state index contributed by atoms with van der Waals surface area (Å²) < 4.78 is 30.6. The Balaban J connectivity index is 1.81. The van der Waals surface area contributed by atoms with Gasteiger partial charge in [-0.05, 0) is 50.5 Å². The van der Waals surface area contributed by atoms with E-state index in [2.05, 4.69) is 11.3 Å². The van der Waals surface area contributed by atoms with E-state index in [1.165, 1.54) is 33.7 Å². The zero-order chi connectivity index (χ0) is 21.8. The molecule has 30 heavy (non-hydrogen) atoms. The van der Waals surface area contributed by atoms with Gasteiger partial charge < -0.3 is 4.90 Å². The number of hydrogen-bond acceptors (Lipinski definition) is 5. The normalized spacial score (nSPS) is 20.5. The standard InChI is InChI=1S/C20H24N4O5S/c1-4-17(25)23-10-7-13(12-23)24-18(26)15-11-14(5-6-16(15)22(3)19(24)27)30(28,29)21-20(2)8-9-20/h4-6,11,13,21H,1,7-10,12H2,2-3H3/t13-/m1/s1. The zero-order valence-corrected chi connectivity index (χ0v) is 17.7. The van der Waals surface area contributed by atoms with E-state index in [1.54, 1.807) is 7.05 Å². The van der Waals surface area contributed by atoms with Gasteiger partial charge in [-0.1, -0.05) is 6.58 Å².